The molecule has 0 aromatic carbocycles. The van der Waals surface area contributed by atoms with Gasteiger partial charge in [-0.25, -0.2) is 0 Å². The molecule has 2 unspecified atom stereocenters. The van der Waals surface area contributed by atoms with Crippen LogP contribution >= 0.6 is 21.6 Å². The predicted molar refractivity (Wildman–Crippen MR) is 238 cm³/mol. The highest BCUT2D eigenvalue weighted by molar-refractivity contribution is 8.77. The minimum atomic E-state index is -0.760. The molecule has 0 aromatic rings. The molecule has 0 spiro atoms. The number of hydrogen-bond acceptors (Lipinski definition) is 8. The van der Waals surface area contributed by atoms with Crippen LogP contribution in [0.25, 0.3) is 0 Å². The van der Waals surface area contributed by atoms with Crippen molar-refractivity contribution < 1.29 is 28.6 Å². The number of carbonyl (C=O) groups is 3. The molecule has 1 fully saturated rings. The quantitative estimate of drug-likeness (QED) is 0.0261. The highest BCUT2D eigenvalue weighted by atomic mass is 33.1. The van der Waals surface area contributed by atoms with Gasteiger partial charge in [0, 0.05) is 30.3 Å². The maximum atomic E-state index is 12.7. The summed E-state index contributed by atoms with van der Waals surface area (Å²) in [6.45, 7) is 4.42. The van der Waals surface area contributed by atoms with Gasteiger partial charge in [0.15, 0.2) is 6.10 Å². The molecule has 0 bridgehead atoms. The SMILES string of the molecule is CCCCCCCCCCCCCCCCCC(=O)OCC(COC(=O)CCCCC1CCSS1)OC(=O)CCCCCCCCCCCCCCCCC. The number of carbonyl (C=O) groups excluding carboxylic acids is 3. The zero-order valence-corrected chi connectivity index (χ0v) is 37.8. The summed E-state index contributed by atoms with van der Waals surface area (Å²) in [6.07, 6.45) is 42.9. The van der Waals surface area contributed by atoms with E-state index in [9.17, 15) is 14.4 Å². The Kier molecular flexibility index (Phi) is 39.1. The maximum Gasteiger partial charge on any atom is 0.306 e. The third kappa shape index (κ3) is 37.2. The molecule has 55 heavy (non-hydrogen) atoms. The third-order valence-electron chi connectivity index (χ3n) is 11.0. The highest BCUT2D eigenvalue weighted by Gasteiger charge is 2.20. The molecule has 2 atom stereocenters. The van der Waals surface area contributed by atoms with Crippen LogP contribution in [-0.4, -0.2) is 48.2 Å². The van der Waals surface area contributed by atoms with E-state index < -0.39 is 6.10 Å². The number of esters is 3. The van der Waals surface area contributed by atoms with Gasteiger partial charge in [0.05, 0.1) is 0 Å². The second-order valence-corrected chi connectivity index (χ2v) is 19.2. The zero-order chi connectivity index (χ0) is 39.7. The van der Waals surface area contributed by atoms with Crippen LogP contribution in [0.4, 0.5) is 0 Å². The summed E-state index contributed by atoms with van der Waals surface area (Å²) in [5.74, 6) is 0.371. The van der Waals surface area contributed by atoms with Gasteiger partial charge < -0.3 is 14.2 Å². The lowest BCUT2D eigenvalue weighted by atomic mass is 10.0. The summed E-state index contributed by atoms with van der Waals surface area (Å²) in [5.41, 5.74) is 0. The van der Waals surface area contributed by atoms with Crippen LogP contribution in [0.3, 0.4) is 0 Å². The standard InChI is InChI=1S/C47H88O6S2/c1-3-5-7-9-11-13-15-17-19-21-23-25-27-29-31-36-45(48)51-41-43(42-52-46(49)37-34-33-35-44-39-40-54-55-44)53-47(50)38-32-30-28-26-24-22-20-18-16-14-12-10-8-6-4-2/h43-44H,3-42H2,1-2H3. The zero-order valence-electron chi connectivity index (χ0n) is 36.2. The van der Waals surface area contributed by atoms with E-state index in [0.29, 0.717) is 24.5 Å². The molecule has 0 aromatic heterocycles. The fraction of sp³-hybridized carbons (Fsp3) is 0.936. The van der Waals surface area contributed by atoms with Crippen molar-refractivity contribution in [1.82, 2.24) is 0 Å². The number of ether oxygens (including phenoxy) is 3. The Morgan fingerprint density at radius 3 is 1.13 bits per heavy atom. The van der Waals surface area contributed by atoms with Gasteiger partial charge in [-0.3, -0.25) is 14.4 Å². The van der Waals surface area contributed by atoms with Crippen LogP contribution in [0.1, 0.15) is 251 Å². The molecule has 0 saturated carbocycles. The van der Waals surface area contributed by atoms with Crippen molar-refractivity contribution >= 4 is 39.5 Å². The highest BCUT2D eigenvalue weighted by Crippen LogP contribution is 2.39. The molecule has 1 rings (SSSR count). The topological polar surface area (TPSA) is 78.9 Å². The molecule has 0 amide bonds. The summed E-state index contributed by atoms with van der Waals surface area (Å²) < 4.78 is 16.7. The number of unbranched alkanes of at least 4 members (excludes halogenated alkanes) is 29. The third-order valence-corrected chi connectivity index (χ3v) is 14.0. The molecule has 6 nitrogen and oxygen atoms in total. The van der Waals surface area contributed by atoms with E-state index in [0.717, 1.165) is 57.8 Å². The first-order chi connectivity index (χ1) is 27.0. The second-order valence-electron chi connectivity index (χ2n) is 16.5. The van der Waals surface area contributed by atoms with E-state index in [-0.39, 0.29) is 31.1 Å². The summed E-state index contributed by atoms with van der Waals surface area (Å²) in [5, 5.41) is 0.707. The smallest absolute Gasteiger partial charge is 0.306 e. The molecule has 1 heterocycles. The molecule has 8 heteroatoms. The molecule has 1 aliphatic rings. The number of hydrogen-bond donors (Lipinski definition) is 0. The second kappa shape index (κ2) is 41.3. The van der Waals surface area contributed by atoms with Crippen molar-refractivity contribution in [3.63, 3.8) is 0 Å². The fourth-order valence-electron chi connectivity index (χ4n) is 7.36. The van der Waals surface area contributed by atoms with Crippen molar-refractivity contribution in [1.29, 1.82) is 0 Å². The monoisotopic (exact) mass is 813 g/mol. The Morgan fingerprint density at radius 2 is 0.782 bits per heavy atom. The van der Waals surface area contributed by atoms with Crippen molar-refractivity contribution in [3.05, 3.63) is 0 Å². The fourth-order valence-corrected chi connectivity index (χ4v) is 10.4. The summed E-state index contributed by atoms with van der Waals surface area (Å²) in [6, 6.07) is 0. The summed E-state index contributed by atoms with van der Waals surface area (Å²) in [7, 11) is 3.91. The normalized spacial score (nSPS) is 14.6. The first-order valence-corrected chi connectivity index (χ1v) is 26.2. The Bertz CT molecular complexity index is 864. The first kappa shape index (κ1) is 52.1. The molecule has 0 aliphatic carbocycles. The van der Waals surface area contributed by atoms with E-state index in [1.54, 1.807) is 0 Å². The predicted octanol–water partition coefficient (Wildman–Crippen LogP) is 15.2. The van der Waals surface area contributed by atoms with E-state index in [1.165, 1.54) is 166 Å². The van der Waals surface area contributed by atoms with Crippen LogP contribution in [-0.2, 0) is 28.6 Å². The van der Waals surface area contributed by atoms with Gasteiger partial charge in [-0.15, -0.1) is 0 Å². The van der Waals surface area contributed by atoms with Gasteiger partial charge >= 0.3 is 17.9 Å². The Labute approximate surface area is 348 Å². The van der Waals surface area contributed by atoms with E-state index in [1.807, 2.05) is 21.6 Å². The Hall–Kier alpha value is -0.890. The average molecular weight is 813 g/mol. The lowest BCUT2D eigenvalue weighted by molar-refractivity contribution is -0.167. The molecular weight excluding hydrogens is 725 g/mol. The lowest BCUT2D eigenvalue weighted by Gasteiger charge is -2.18. The van der Waals surface area contributed by atoms with Gasteiger partial charge in [-0.2, -0.15) is 0 Å². The summed E-state index contributed by atoms with van der Waals surface area (Å²) in [4.78, 5) is 37.8. The van der Waals surface area contributed by atoms with Crippen molar-refractivity contribution in [3.8, 4) is 0 Å². The Balaban J connectivity index is 2.20. The van der Waals surface area contributed by atoms with Gasteiger partial charge in [-0.05, 0) is 32.1 Å². The average Bonchev–Trinajstić information content (AvgIpc) is 3.71. The molecule has 324 valence electrons. The minimum Gasteiger partial charge on any atom is -0.462 e. The van der Waals surface area contributed by atoms with E-state index in [2.05, 4.69) is 13.8 Å². The van der Waals surface area contributed by atoms with E-state index >= 15 is 0 Å². The van der Waals surface area contributed by atoms with Gasteiger partial charge in [0.1, 0.15) is 13.2 Å². The Morgan fingerprint density at radius 1 is 0.455 bits per heavy atom. The largest absolute Gasteiger partial charge is 0.462 e. The van der Waals surface area contributed by atoms with Crippen LogP contribution in [0.2, 0.25) is 0 Å². The molecule has 0 N–H and O–H groups in total. The molecule has 0 radical (unpaired) electrons. The van der Waals surface area contributed by atoms with Crippen LogP contribution in [0.15, 0.2) is 0 Å². The summed E-state index contributed by atoms with van der Waals surface area (Å²) >= 11 is 0. The molecule has 1 saturated heterocycles. The van der Waals surface area contributed by atoms with Gasteiger partial charge in [-0.1, -0.05) is 222 Å². The molecular formula is C47H88O6S2. The molecule has 1 aliphatic heterocycles. The van der Waals surface area contributed by atoms with Crippen molar-refractivity contribution in [2.24, 2.45) is 0 Å². The van der Waals surface area contributed by atoms with Crippen molar-refractivity contribution in [2.75, 3.05) is 19.0 Å². The van der Waals surface area contributed by atoms with Crippen molar-refractivity contribution in [2.45, 2.75) is 263 Å². The van der Waals surface area contributed by atoms with Gasteiger partial charge in [0.2, 0.25) is 0 Å². The number of rotatable bonds is 42. The first-order valence-electron chi connectivity index (χ1n) is 23.8. The van der Waals surface area contributed by atoms with E-state index in [4.69, 9.17) is 14.2 Å². The van der Waals surface area contributed by atoms with Crippen LogP contribution in [0, 0.1) is 0 Å². The lowest BCUT2D eigenvalue weighted by Crippen LogP contribution is -2.30. The maximum absolute atomic E-state index is 12.7. The minimum absolute atomic E-state index is 0.0635. The van der Waals surface area contributed by atoms with Crippen LogP contribution < -0.4 is 0 Å². The van der Waals surface area contributed by atoms with Crippen LogP contribution in [0.5, 0.6) is 0 Å². The van der Waals surface area contributed by atoms with Gasteiger partial charge in [0.25, 0.3) is 0 Å².